The second kappa shape index (κ2) is 11.8. The van der Waals surface area contributed by atoms with Gasteiger partial charge in [0.15, 0.2) is 0 Å². The maximum Gasteiger partial charge on any atom is 0.407 e. The lowest BCUT2D eigenvalue weighted by atomic mass is 9.58. The number of esters is 2. The third-order valence-electron chi connectivity index (χ3n) is 5.95. The minimum atomic E-state index is -0.667. The van der Waals surface area contributed by atoms with Crippen LogP contribution in [0.25, 0.3) is 0 Å². The molecular weight excluding hydrogens is 374 g/mol. The van der Waals surface area contributed by atoms with Crippen molar-refractivity contribution >= 4 is 18.0 Å². The summed E-state index contributed by atoms with van der Waals surface area (Å²) in [5, 5.41) is 2.44. The van der Waals surface area contributed by atoms with E-state index < -0.39 is 17.5 Å². The summed E-state index contributed by atoms with van der Waals surface area (Å²) >= 11 is 0. The van der Waals surface area contributed by atoms with E-state index >= 15 is 0 Å². The van der Waals surface area contributed by atoms with E-state index in [2.05, 4.69) is 53.4 Å². The van der Waals surface area contributed by atoms with E-state index in [9.17, 15) is 14.4 Å². The molecule has 0 aromatic rings. The van der Waals surface area contributed by atoms with Crippen LogP contribution in [0.1, 0.15) is 67.7 Å². The van der Waals surface area contributed by atoms with Crippen molar-refractivity contribution in [2.45, 2.75) is 67.7 Å². The predicted octanol–water partition coefficient (Wildman–Crippen LogP) is 4.25. The van der Waals surface area contributed by atoms with E-state index in [1.807, 2.05) is 6.92 Å². The molecule has 0 rings (SSSR count). The molecule has 0 fully saturated rings. The molecule has 0 aliphatic heterocycles. The Morgan fingerprint density at radius 2 is 1.48 bits per heavy atom. The van der Waals surface area contributed by atoms with Crippen LogP contribution in [0.5, 0.6) is 0 Å². The Hall–Kier alpha value is -2.05. The molecule has 0 saturated heterocycles. The number of hydrogen-bond acceptors (Lipinski definition) is 6. The third-order valence-corrected chi connectivity index (χ3v) is 5.95. The smallest absolute Gasteiger partial charge is 0.407 e. The summed E-state index contributed by atoms with van der Waals surface area (Å²) in [4.78, 5) is 35.5. The number of alkyl carbamates (subject to hydrolysis) is 1. The van der Waals surface area contributed by atoms with E-state index in [4.69, 9.17) is 14.2 Å². The van der Waals surface area contributed by atoms with Gasteiger partial charge in [-0.25, -0.2) is 9.59 Å². The molecule has 0 aromatic heterocycles. The van der Waals surface area contributed by atoms with Gasteiger partial charge in [0.25, 0.3) is 0 Å². The van der Waals surface area contributed by atoms with Gasteiger partial charge in [-0.2, -0.15) is 0 Å². The largest absolute Gasteiger partial charge is 0.462 e. The molecule has 0 bridgehead atoms. The lowest BCUT2D eigenvalue weighted by molar-refractivity contribution is -0.167. The van der Waals surface area contributed by atoms with Gasteiger partial charge in [0, 0.05) is 6.08 Å². The highest BCUT2D eigenvalue weighted by atomic mass is 16.6. The molecule has 0 heterocycles. The van der Waals surface area contributed by atoms with Crippen molar-refractivity contribution in [2.75, 3.05) is 26.4 Å². The van der Waals surface area contributed by atoms with Crippen LogP contribution < -0.4 is 5.32 Å². The first-order valence-corrected chi connectivity index (χ1v) is 10.2. The van der Waals surface area contributed by atoms with Crippen molar-refractivity contribution in [3.63, 3.8) is 0 Å². The first-order chi connectivity index (χ1) is 13.3. The normalized spacial score (nSPS) is 13.8. The molecule has 1 amide bonds. The van der Waals surface area contributed by atoms with Gasteiger partial charge in [-0.1, -0.05) is 54.5 Å². The predicted molar refractivity (Wildman–Crippen MR) is 112 cm³/mol. The van der Waals surface area contributed by atoms with Gasteiger partial charge in [0.1, 0.15) is 19.8 Å². The molecule has 7 heteroatoms. The molecular formula is C22H39NO6. The summed E-state index contributed by atoms with van der Waals surface area (Å²) in [6.07, 6.45) is 2.89. The zero-order chi connectivity index (χ0) is 22.7. The number of ether oxygens (including phenoxy) is 3. The fourth-order valence-electron chi connectivity index (χ4n) is 2.90. The fourth-order valence-corrected chi connectivity index (χ4v) is 2.90. The van der Waals surface area contributed by atoms with Crippen molar-refractivity contribution < 1.29 is 28.6 Å². The van der Waals surface area contributed by atoms with E-state index in [1.165, 1.54) is 0 Å². The van der Waals surface area contributed by atoms with Crippen LogP contribution in [0.2, 0.25) is 0 Å². The topological polar surface area (TPSA) is 90.9 Å². The van der Waals surface area contributed by atoms with Crippen molar-refractivity contribution in [3.8, 4) is 0 Å². The quantitative estimate of drug-likeness (QED) is 0.210. The maximum absolute atomic E-state index is 13.0. The Bertz CT molecular complexity index is 570. The standard InChI is InChI=1S/C22H39NO6/c1-9-17(24)27-13-12-23-19(26)29-15-14-28-18(25)22(8,21(6,7)11-3)16-20(4,5)10-2/h9H,1,10-16H2,2-8H3,(H,23,26). The van der Waals surface area contributed by atoms with Crippen LogP contribution in [0.15, 0.2) is 12.7 Å². The van der Waals surface area contributed by atoms with Crippen LogP contribution in [-0.4, -0.2) is 44.4 Å². The van der Waals surface area contributed by atoms with Gasteiger partial charge in [-0.15, -0.1) is 0 Å². The van der Waals surface area contributed by atoms with Gasteiger partial charge in [0.05, 0.1) is 12.0 Å². The molecule has 0 aliphatic rings. The third kappa shape index (κ3) is 8.88. The fraction of sp³-hybridized carbons (Fsp3) is 0.773. The van der Waals surface area contributed by atoms with Gasteiger partial charge in [-0.05, 0) is 30.6 Å². The highest BCUT2D eigenvalue weighted by Gasteiger charge is 2.49. The second-order valence-electron chi connectivity index (χ2n) is 8.83. The first kappa shape index (κ1) is 27.0. The summed E-state index contributed by atoms with van der Waals surface area (Å²) in [5.74, 6) is -0.831. The first-order valence-electron chi connectivity index (χ1n) is 10.2. The Morgan fingerprint density at radius 3 is 2.00 bits per heavy atom. The highest BCUT2D eigenvalue weighted by Crippen LogP contribution is 2.50. The Balaban J connectivity index is 4.57. The maximum atomic E-state index is 13.0. The van der Waals surface area contributed by atoms with Crippen LogP contribution in [0.4, 0.5) is 4.79 Å². The second-order valence-corrected chi connectivity index (χ2v) is 8.83. The van der Waals surface area contributed by atoms with Crippen LogP contribution in [-0.2, 0) is 23.8 Å². The van der Waals surface area contributed by atoms with Crippen molar-refractivity contribution in [2.24, 2.45) is 16.2 Å². The van der Waals surface area contributed by atoms with Gasteiger partial charge >= 0.3 is 18.0 Å². The highest BCUT2D eigenvalue weighted by molar-refractivity contribution is 5.81. The summed E-state index contributed by atoms with van der Waals surface area (Å²) in [6, 6.07) is 0. The molecule has 0 radical (unpaired) electrons. The summed E-state index contributed by atoms with van der Waals surface area (Å²) in [6.45, 7) is 18.0. The molecule has 1 atom stereocenters. The number of hydrogen-bond donors (Lipinski definition) is 1. The van der Waals surface area contributed by atoms with E-state index in [0.29, 0.717) is 6.42 Å². The Labute approximate surface area is 175 Å². The minimum Gasteiger partial charge on any atom is -0.462 e. The lowest BCUT2D eigenvalue weighted by Crippen LogP contribution is -2.46. The van der Waals surface area contributed by atoms with E-state index in [0.717, 1.165) is 18.9 Å². The molecule has 1 unspecified atom stereocenters. The van der Waals surface area contributed by atoms with E-state index in [1.54, 1.807) is 0 Å². The van der Waals surface area contributed by atoms with Crippen LogP contribution in [0.3, 0.4) is 0 Å². The molecule has 168 valence electrons. The van der Waals surface area contributed by atoms with Crippen molar-refractivity contribution in [1.29, 1.82) is 0 Å². The molecule has 0 spiro atoms. The number of carbonyl (C=O) groups is 3. The molecule has 0 aliphatic carbocycles. The Morgan fingerprint density at radius 1 is 0.897 bits per heavy atom. The average molecular weight is 414 g/mol. The Kier molecular flexibility index (Phi) is 11.0. The van der Waals surface area contributed by atoms with E-state index in [-0.39, 0.29) is 43.2 Å². The zero-order valence-corrected chi connectivity index (χ0v) is 19.2. The molecule has 1 N–H and O–H groups in total. The number of rotatable bonds is 13. The van der Waals surface area contributed by atoms with Crippen molar-refractivity contribution in [1.82, 2.24) is 5.32 Å². The average Bonchev–Trinajstić information content (AvgIpc) is 2.67. The van der Waals surface area contributed by atoms with Crippen LogP contribution in [0, 0.1) is 16.2 Å². The van der Waals surface area contributed by atoms with Crippen LogP contribution >= 0.6 is 0 Å². The number of nitrogens with one attached hydrogen (secondary N) is 1. The monoisotopic (exact) mass is 413 g/mol. The summed E-state index contributed by atoms with van der Waals surface area (Å²) in [5.41, 5.74) is -0.887. The summed E-state index contributed by atoms with van der Waals surface area (Å²) < 4.78 is 15.2. The number of amides is 1. The summed E-state index contributed by atoms with van der Waals surface area (Å²) in [7, 11) is 0. The molecule has 7 nitrogen and oxygen atoms in total. The molecule has 0 aromatic carbocycles. The zero-order valence-electron chi connectivity index (χ0n) is 19.2. The lowest BCUT2D eigenvalue weighted by Gasteiger charge is -2.45. The van der Waals surface area contributed by atoms with Gasteiger partial charge in [0.2, 0.25) is 0 Å². The SMILES string of the molecule is C=CC(=O)OCCNC(=O)OCCOC(=O)C(C)(CC(C)(C)CC)C(C)(C)CC. The molecule has 0 saturated carbocycles. The van der Waals surface area contributed by atoms with Gasteiger partial charge in [-0.3, -0.25) is 4.79 Å². The molecule has 29 heavy (non-hydrogen) atoms. The van der Waals surface area contributed by atoms with Gasteiger partial charge < -0.3 is 19.5 Å². The number of carbonyl (C=O) groups excluding carboxylic acids is 3. The van der Waals surface area contributed by atoms with Crippen molar-refractivity contribution in [3.05, 3.63) is 12.7 Å². The minimum absolute atomic E-state index is 0.00560.